The van der Waals surface area contributed by atoms with Gasteiger partial charge in [0.1, 0.15) is 5.69 Å². The summed E-state index contributed by atoms with van der Waals surface area (Å²) in [6.07, 6.45) is 8.94. The molecule has 4 rings (SSSR count). The van der Waals surface area contributed by atoms with Crippen molar-refractivity contribution in [1.82, 2.24) is 19.7 Å². The largest absolute Gasteiger partial charge is 0.335 e. The molecule has 2 bridgehead atoms. The van der Waals surface area contributed by atoms with E-state index in [2.05, 4.69) is 15.1 Å². The lowest BCUT2D eigenvalue weighted by atomic mass is 9.88. The summed E-state index contributed by atoms with van der Waals surface area (Å²) >= 11 is 0. The van der Waals surface area contributed by atoms with Gasteiger partial charge in [-0.1, -0.05) is 11.6 Å². The fourth-order valence-corrected chi connectivity index (χ4v) is 3.79. The van der Waals surface area contributed by atoms with Crippen LogP contribution in [0.3, 0.4) is 0 Å². The predicted molar refractivity (Wildman–Crippen MR) is 72.8 cm³/mol. The van der Waals surface area contributed by atoms with Gasteiger partial charge in [0.15, 0.2) is 5.82 Å². The second-order valence-corrected chi connectivity index (χ2v) is 6.02. The molecule has 6 heteroatoms. The van der Waals surface area contributed by atoms with E-state index >= 15 is 0 Å². The minimum Gasteiger partial charge on any atom is -0.335 e. The molecular formula is C14H19N5O. The van der Waals surface area contributed by atoms with Crippen molar-refractivity contribution in [2.24, 2.45) is 17.6 Å². The number of fused-ring (bicyclic) bond motifs is 2. The van der Waals surface area contributed by atoms with Crippen LogP contribution in [-0.4, -0.2) is 26.2 Å². The Bertz CT molecular complexity index is 604. The number of nitrogens with two attached hydrogens (primary N) is 1. The molecule has 106 valence electrons. The smallest absolute Gasteiger partial charge is 0.278 e. The van der Waals surface area contributed by atoms with E-state index in [1.54, 1.807) is 6.33 Å². The zero-order valence-corrected chi connectivity index (χ0v) is 11.4. The maximum absolute atomic E-state index is 5.53. The van der Waals surface area contributed by atoms with Crippen LogP contribution < -0.4 is 5.73 Å². The molecule has 0 radical (unpaired) electrons. The van der Waals surface area contributed by atoms with Crippen molar-refractivity contribution in [2.45, 2.75) is 38.1 Å². The summed E-state index contributed by atoms with van der Waals surface area (Å²) in [5, 5.41) is 4.19. The highest BCUT2D eigenvalue weighted by atomic mass is 16.5. The number of imidazole rings is 1. The minimum atomic E-state index is 0.498. The Morgan fingerprint density at radius 1 is 1.35 bits per heavy atom. The summed E-state index contributed by atoms with van der Waals surface area (Å²) < 4.78 is 7.34. The van der Waals surface area contributed by atoms with Crippen LogP contribution >= 0.6 is 0 Å². The Hall–Kier alpha value is -1.69. The molecule has 3 atom stereocenters. The third kappa shape index (κ3) is 1.95. The lowest BCUT2D eigenvalue weighted by molar-refractivity contribution is 0.372. The first kappa shape index (κ1) is 12.1. The zero-order chi connectivity index (χ0) is 13.5. The first-order valence-corrected chi connectivity index (χ1v) is 7.39. The standard InChI is InChI=1S/C14H19N5O/c15-3-4-19-7-12(16-8-19)14-17-13(18-20-14)11-6-9-1-2-10(11)5-9/h7-11H,1-6,15H2. The first-order chi connectivity index (χ1) is 9.83. The van der Waals surface area contributed by atoms with Crippen LogP contribution in [0.4, 0.5) is 0 Å². The molecule has 2 saturated carbocycles. The number of hydrogen-bond donors (Lipinski definition) is 1. The highest BCUT2D eigenvalue weighted by molar-refractivity contribution is 5.44. The Balaban J connectivity index is 1.55. The molecule has 0 aliphatic heterocycles. The Labute approximate surface area is 117 Å². The van der Waals surface area contributed by atoms with Gasteiger partial charge in [-0.15, -0.1) is 0 Å². The molecule has 3 unspecified atom stereocenters. The number of aromatic nitrogens is 4. The third-order valence-corrected chi connectivity index (χ3v) is 4.75. The summed E-state index contributed by atoms with van der Waals surface area (Å²) in [5.41, 5.74) is 6.27. The molecule has 6 nitrogen and oxygen atoms in total. The van der Waals surface area contributed by atoms with Gasteiger partial charge in [0.25, 0.3) is 5.89 Å². The van der Waals surface area contributed by atoms with Gasteiger partial charge in [0.05, 0.1) is 6.33 Å². The summed E-state index contributed by atoms with van der Waals surface area (Å²) in [4.78, 5) is 8.87. The molecule has 2 fully saturated rings. The van der Waals surface area contributed by atoms with E-state index in [0.29, 0.717) is 18.4 Å². The second-order valence-electron chi connectivity index (χ2n) is 6.02. The zero-order valence-electron chi connectivity index (χ0n) is 11.4. The number of nitrogens with zero attached hydrogens (tertiary/aromatic N) is 4. The fraction of sp³-hybridized carbons (Fsp3) is 0.643. The van der Waals surface area contributed by atoms with Crippen molar-refractivity contribution < 1.29 is 4.52 Å². The van der Waals surface area contributed by atoms with Crippen LogP contribution in [0.5, 0.6) is 0 Å². The van der Waals surface area contributed by atoms with Crippen molar-refractivity contribution in [3.63, 3.8) is 0 Å². The van der Waals surface area contributed by atoms with Gasteiger partial charge in [-0.3, -0.25) is 0 Å². The van der Waals surface area contributed by atoms with Crippen molar-refractivity contribution >= 4 is 0 Å². The second kappa shape index (κ2) is 4.70. The molecule has 0 spiro atoms. The van der Waals surface area contributed by atoms with Crippen LogP contribution in [0.1, 0.15) is 37.4 Å². The van der Waals surface area contributed by atoms with Gasteiger partial charge >= 0.3 is 0 Å². The van der Waals surface area contributed by atoms with E-state index < -0.39 is 0 Å². The topological polar surface area (TPSA) is 82.8 Å². The quantitative estimate of drug-likeness (QED) is 0.918. The Kier molecular flexibility index (Phi) is 2.84. The summed E-state index contributed by atoms with van der Waals surface area (Å²) in [6, 6.07) is 0. The predicted octanol–water partition coefficient (Wildman–Crippen LogP) is 1.80. The van der Waals surface area contributed by atoms with Gasteiger partial charge in [-0.2, -0.15) is 4.98 Å². The van der Waals surface area contributed by atoms with Crippen molar-refractivity contribution in [2.75, 3.05) is 6.54 Å². The summed E-state index contributed by atoms with van der Waals surface area (Å²) in [5.74, 6) is 3.55. The van der Waals surface area contributed by atoms with Gasteiger partial charge in [-0.05, 0) is 31.1 Å². The molecule has 20 heavy (non-hydrogen) atoms. The van der Waals surface area contributed by atoms with Gasteiger partial charge < -0.3 is 14.8 Å². The minimum absolute atomic E-state index is 0.498. The van der Waals surface area contributed by atoms with Crippen molar-refractivity contribution in [3.8, 4) is 11.6 Å². The summed E-state index contributed by atoms with van der Waals surface area (Å²) in [7, 11) is 0. The van der Waals surface area contributed by atoms with Crippen LogP contribution in [0.2, 0.25) is 0 Å². The molecule has 2 N–H and O–H groups in total. The normalized spacial score (nSPS) is 28.4. The summed E-state index contributed by atoms with van der Waals surface area (Å²) in [6.45, 7) is 1.34. The lowest BCUT2D eigenvalue weighted by Gasteiger charge is -2.17. The maximum Gasteiger partial charge on any atom is 0.278 e. The monoisotopic (exact) mass is 273 g/mol. The van der Waals surface area contributed by atoms with Gasteiger partial charge in [-0.25, -0.2) is 4.98 Å². The van der Waals surface area contributed by atoms with Crippen LogP contribution in [-0.2, 0) is 6.54 Å². The number of rotatable bonds is 4. The molecule has 2 heterocycles. The average molecular weight is 273 g/mol. The van der Waals surface area contributed by atoms with E-state index in [0.717, 1.165) is 29.9 Å². The van der Waals surface area contributed by atoms with Crippen LogP contribution in [0.25, 0.3) is 11.6 Å². The van der Waals surface area contributed by atoms with Gasteiger partial charge in [0, 0.05) is 25.2 Å². The van der Waals surface area contributed by atoms with E-state index in [1.807, 2.05) is 10.8 Å². The molecule has 2 aliphatic rings. The molecular weight excluding hydrogens is 254 g/mol. The number of hydrogen-bond acceptors (Lipinski definition) is 5. The molecule has 0 amide bonds. The van der Waals surface area contributed by atoms with Crippen molar-refractivity contribution in [1.29, 1.82) is 0 Å². The highest BCUT2D eigenvalue weighted by Crippen LogP contribution is 2.52. The van der Waals surface area contributed by atoms with Crippen LogP contribution in [0.15, 0.2) is 17.0 Å². The van der Waals surface area contributed by atoms with E-state index in [-0.39, 0.29) is 0 Å². The fourth-order valence-electron chi connectivity index (χ4n) is 3.79. The Morgan fingerprint density at radius 3 is 3.05 bits per heavy atom. The SMILES string of the molecule is NCCn1cnc(-c2nc(C3CC4CCC3C4)no2)c1. The molecule has 2 aromatic rings. The maximum atomic E-state index is 5.53. The highest BCUT2D eigenvalue weighted by Gasteiger charge is 2.42. The van der Waals surface area contributed by atoms with Gasteiger partial charge in [0.2, 0.25) is 0 Å². The molecule has 0 aromatic carbocycles. The molecule has 2 aliphatic carbocycles. The lowest BCUT2D eigenvalue weighted by Crippen LogP contribution is -2.09. The Morgan fingerprint density at radius 2 is 2.30 bits per heavy atom. The first-order valence-electron chi connectivity index (χ1n) is 7.39. The van der Waals surface area contributed by atoms with Crippen LogP contribution in [0, 0.1) is 11.8 Å². The average Bonchev–Trinajstić information content (AvgIpc) is 3.22. The third-order valence-electron chi connectivity index (χ3n) is 4.75. The molecule has 0 saturated heterocycles. The van der Waals surface area contributed by atoms with E-state index in [4.69, 9.17) is 10.3 Å². The van der Waals surface area contributed by atoms with E-state index in [1.165, 1.54) is 25.7 Å². The molecule has 2 aromatic heterocycles. The van der Waals surface area contributed by atoms with E-state index in [9.17, 15) is 0 Å². The van der Waals surface area contributed by atoms with Crippen molar-refractivity contribution in [3.05, 3.63) is 18.3 Å².